The highest BCUT2D eigenvalue weighted by Crippen LogP contribution is 2.47. The van der Waals surface area contributed by atoms with E-state index in [4.69, 9.17) is 8.83 Å². The van der Waals surface area contributed by atoms with Gasteiger partial charge in [0.25, 0.3) is 0 Å². The second kappa shape index (κ2) is 15.9. The number of nitrogens with zero attached hydrogens (tertiary/aromatic N) is 2. The van der Waals surface area contributed by atoms with Gasteiger partial charge in [-0.25, -0.2) is 0 Å². The van der Waals surface area contributed by atoms with E-state index < -0.39 is 0 Å². The molecule has 2 aliphatic carbocycles. The summed E-state index contributed by atoms with van der Waals surface area (Å²) in [5.74, 6) is 1.18. The molecule has 0 unspecified atom stereocenters. The van der Waals surface area contributed by atoms with Gasteiger partial charge in [0.1, 0.15) is 22.3 Å². The van der Waals surface area contributed by atoms with Crippen molar-refractivity contribution in [3.63, 3.8) is 0 Å². The van der Waals surface area contributed by atoms with Crippen LogP contribution in [0.4, 0.5) is 0 Å². The lowest BCUT2D eigenvalue weighted by molar-refractivity contribution is 0.444. The maximum Gasteiger partial charge on any atom is 0.136 e. The Kier molecular flexibility index (Phi) is 9.09. The van der Waals surface area contributed by atoms with Crippen molar-refractivity contribution in [2.45, 2.75) is 76.0 Å². The Morgan fingerprint density at radius 1 is 0.300 bits per heavy atom. The molecule has 15 rings (SSSR count). The highest BCUT2D eigenvalue weighted by atomic mass is 16.3. The Hall–Kier alpha value is -7.82. The zero-order valence-electron chi connectivity index (χ0n) is 39.3. The Balaban J connectivity index is 0.976. The first-order valence-corrected chi connectivity index (χ1v) is 25.8. The summed E-state index contributed by atoms with van der Waals surface area (Å²) >= 11 is 0. The molecule has 13 aromatic rings. The summed E-state index contributed by atoms with van der Waals surface area (Å²) in [6.07, 6.45) is 12.9. The number of furan rings is 2. The van der Waals surface area contributed by atoms with Crippen LogP contribution in [-0.4, -0.2) is 9.13 Å². The standard InChI is InChI=1S/C66H52N2O2/c1-3-16-41(17-4-1)43-34-36-55-53(38-43)63-47(49-26-14-32-61-65(49)51-22-7-9-30-59(51)69-61)24-12-28-57(63)67(55)45-20-11-21-46(40-45)68-56-37-35-44(42-18-5-2-6-19-42)39-54(56)64-48(25-13-29-58(64)68)50-27-15-33-62-66(50)52-23-8-10-31-60(52)70-62/h7-15,20-42H,1-6,16-19H2. The normalized spacial score (nSPS) is 15.3. The van der Waals surface area contributed by atoms with Crippen molar-refractivity contribution in [1.29, 1.82) is 0 Å². The number of benzene rings is 9. The quantitative estimate of drug-likeness (QED) is 0.167. The van der Waals surface area contributed by atoms with Gasteiger partial charge in [0.2, 0.25) is 0 Å². The molecular weight excluding hydrogens is 853 g/mol. The average molecular weight is 905 g/mol. The lowest BCUT2D eigenvalue weighted by Gasteiger charge is -2.22. The molecule has 0 N–H and O–H groups in total. The summed E-state index contributed by atoms with van der Waals surface area (Å²) in [6.45, 7) is 0. The van der Waals surface area contributed by atoms with Gasteiger partial charge >= 0.3 is 0 Å². The van der Waals surface area contributed by atoms with Crippen molar-refractivity contribution in [1.82, 2.24) is 9.13 Å². The lowest BCUT2D eigenvalue weighted by atomic mass is 9.83. The smallest absolute Gasteiger partial charge is 0.136 e. The average Bonchev–Trinajstić information content (AvgIpc) is 4.19. The Morgan fingerprint density at radius 2 is 0.700 bits per heavy atom. The second-order valence-corrected chi connectivity index (χ2v) is 20.4. The first-order chi connectivity index (χ1) is 34.7. The van der Waals surface area contributed by atoms with Gasteiger partial charge in [0.05, 0.1) is 22.1 Å². The van der Waals surface area contributed by atoms with Crippen LogP contribution >= 0.6 is 0 Å². The van der Waals surface area contributed by atoms with Crippen LogP contribution in [0, 0.1) is 0 Å². The molecule has 2 saturated carbocycles. The van der Waals surface area contributed by atoms with E-state index in [2.05, 4.69) is 191 Å². The Morgan fingerprint density at radius 3 is 1.17 bits per heavy atom. The van der Waals surface area contributed by atoms with Crippen LogP contribution in [0.1, 0.15) is 87.2 Å². The predicted molar refractivity (Wildman–Crippen MR) is 292 cm³/mol. The van der Waals surface area contributed by atoms with E-state index in [-0.39, 0.29) is 0 Å². The molecule has 9 aromatic carbocycles. The molecule has 4 aromatic heterocycles. The number of aromatic nitrogens is 2. The van der Waals surface area contributed by atoms with E-state index >= 15 is 0 Å². The fourth-order valence-electron chi connectivity index (χ4n) is 13.3. The molecule has 0 saturated heterocycles. The first kappa shape index (κ1) is 40.1. The third-order valence-electron chi connectivity index (χ3n) is 16.5. The van der Waals surface area contributed by atoms with Crippen molar-refractivity contribution in [2.75, 3.05) is 0 Å². The number of para-hydroxylation sites is 2. The van der Waals surface area contributed by atoms with Gasteiger partial charge < -0.3 is 18.0 Å². The summed E-state index contributed by atoms with van der Waals surface area (Å²) in [7, 11) is 0. The molecule has 0 aliphatic heterocycles. The fourth-order valence-corrected chi connectivity index (χ4v) is 13.3. The van der Waals surface area contributed by atoms with E-state index in [9.17, 15) is 0 Å². The highest BCUT2D eigenvalue weighted by molar-refractivity contribution is 6.23. The molecule has 2 aliphatic rings. The van der Waals surface area contributed by atoms with Gasteiger partial charge in [0, 0.05) is 54.5 Å². The molecule has 0 amide bonds. The van der Waals surface area contributed by atoms with Gasteiger partial charge in [-0.05, 0) is 150 Å². The largest absolute Gasteiger partial charge is 0.456 e. The molecular formula is C66H52N2O2. The second-order valence-electron chi connectivity index (χ2n) is 20.4. The molecule has 4 heterocycles. The number of hydrogen-bond acceptors (Lipinski definition) is 2. The van der Waals surface area contributed by atoms with E-state index in [1.165, 1.54) is 152 Å². The fraction of sp³-hybridized carbons (Fsp3) is 0.182. The minimum Gasteiger partial charge on any atom is -0.456 e. The van der Waals surface area contributed by atoms with Gasteiger partial charge in [-0.15, -0.1) is 0 Å². The maximum atomic E-state index is 6.49. The first-order valence-electron chi connectivity index (χ1n) is 25.8. The van der Waals surface area contributed by atoms with Crippen molar-refractivity contribution in [3.8, 4) is 33.6 Å². The SMILES string of the molecule is c1cc(-n2c3ccc(C4CCCCC4)cc3c3c(-c4cccc5oc6ccccc6c45)cccc32)cc(-n2c3ccc(C4CCCCC4)cc3c3c(-c4cccc5oc6ccccc6c45)cccc32)c1. The van der Waals surface area contributed by atoms with E-state index in [0.29, 0.717) is 11.8 Å². The predicted octanol–water partition coefficient (Wildman–Crippen LogP) is 19.1. The third kappa shape index (κ3) is 6.08. The van der Waals surface area contributed by atoms with Crippen molar-refractivity contribution in [3.05, 3.63) is 193 Å². The summed E-state index contributed by atoms with van der Waals surface area (Å²) in [6, 6.07) is 68.0. The van der Waals surface area contributed by atoms with Crippen molar-refractivity contribution < 1.29 is 8.83 Å². The van der Waals surface area contributed by atoms with Gasteiger partial charge in [-0.1, -0.05) is 142 Å². The molecule has 338 valence electrons. The molecule has 70 heavy (non-hydrogen) atoms. The third-order valence-corrected chi connectivity index (χ3v) is 16.5. The van der Waals surface area contributed by atoms with E-state index in [1.807, 2.05) is 0 Å². The molecule has 0 spiro atoms. The number of rotatable bonds is 6. The van der Waals surface area contributed by atoms with Crippen LogP contribution < -0.4 is 0 Å². The summed E-state index contributed by atoms with van der Waals surface area (Å²) in [5, 5.41) is 9.84. The molecule has 0 bridgehead atoms. The van der Waals surface area contributed by atoms with E-state index in [0.717, 1.165) is 44.5 Å². The van der Waals surface area contributed by atoms with Crippen LogP contribution in [0.25, 0.3) is 121 Å². The number of fused-ring (bicyclic) bond motifs is 12. The summed E-state index contributed by atoms with van der Waals surface area (Å²) in [5.41, 5.74) is 18.7. The Bertz CT molecular complexity index is 3950. The molecule has 0 atom stereocenters. The van der Waals surface area contributed by atoms with Crippen LogP contribution in [0.5, 0.6) is 0 Å². The van der Waals surface area contributed by atoms with Crippen LogP contribution in [0.2, 0.25) is 0 Å². The summed E-state index contributed by atoms with van der Waals surface area (Å²) < 4.78 is 18.0. The molecule has 4 heteroatoms. The maximum absolute atomic E-state index is 6.49. The molecule has 2 fully saturated rings. The van der Waals surface area contributed by atoms with Crippen molar-refractivity contribution >= 4 is 87.5 Å². The van der Waals surface area contributed by atoms with Crippen LogP contribution in [-0.2, 0) is 0 Å². The molecule has 0 radical (unpaired) electrons. The van der Waals surface area contributed by atoms with Gasteiger partial charge in [-0.2, -0.15) is 0 Å². The minimum absolute atomic E-state index is 0.589. The Labute approximate surface area is 406 Å². The van der Waals surface area contributed by atoms with Gasteiger partial charge in [-0.3, -0.25) is 0 Å². The van der Waals surface area contributed by atoms with Crippen molar-refractivity contribution in [2.24, 2.45) is 0 Å². The number of hydrogen-bond donors (Lipinski definition) is 0. The lowest BCUT2D eigenvalue weighted by Crippen LogP contribution is -2.04. The minimum atomic E-state index is 0.589. The van der Waals surface area contributed by atoms with Gasteiger partial charge in [0.15, 0.2) is 0 Å². The van der Waals surface area contributed by atoms with Crippen LogP contribution in [0.15, 0.2) is 191 Å². The zero-order chi connectivity index (χ0) is 45.9. The zero-order valence-corrected chi connectivity index (χ0v) is 39.3. The van der Waals surface area contributed by atoms with E-state index in [1.54, 1.807) is 0 Å². The van der Waals surface area contributed by atoms with Crippen LogP contribution in [0.3, 0.4) is 0 Å². The molecule has 4 nitrogen and oxygen atoms in total. The monoisotopic (exact) mass is 904 g/mol. The highest BCUT2D eigenvalue weighted by Gasteiger charge is 2.25. The summed E-state index contributed by atoms with van der Waals surface area (Å²) in [4.78, 5) is 0. The topological polar surface area (TPSA) is 36.1 Å².